The van der Waals surface area contributed by atoms with Crippen LogP contribution in [0.5, 0.6) is 5.75 Å². The van der Waals surface area contributed by atoms with E-state index in [2.05, 4.69) is 6.92 Å². The summed E-state index contributed by atoms with van der Waals surface area (Å²) in [6.07, 6.45) is 8.38. The van der Waals surface area contributed by atoms with Gasteiger partial charge in [0.05, 0.1) is 13.7 Å². The maximum absolute atomic E-state index is 11.8. The predicted molar refractivity (Wildman–Crippen MR) is 82.4 cm³/mol. The molecule has 0 amide bonds. The molecular weight excluding hydrogens is 268 g/mol. The van der Waals surface area contributed by atoms with Crippen LogP contribution in [-0.4, -0.2) is 19.7 Å². The molecular formula is C17H26O4. The van der Waals surface area contributed by atoms with Crippen molar-refractivity contribution in [3.63, 3.8) is 0 Å². The normalized spacial score (nSPS) is 10.4. The Bertz CT molecular complexity index is 404. The lowest BCUT2D eigenvalue weighted by Crippen LogP contribution is -2.08. The number of unbranched alkanes of at least 4 members (excludes halogenated alkanes) is 6. The monoisotopic (exact) mass is 294 g/mol. The molecule has 0 radical (unpaired) electrons. The Morgan fingerprint density at radius 2 is 1.67 bits per heavy atom. The summed E-state index contributed by atoms with van der Waals surface area (Å²) in [6.45, 7) is 2.65. The SMILES string of the molecule is CCCCCCCCCOOC(=O)c1ccccc1OC. The highest BCUT2D eigenvalue weighted by atomic mass is 17.2. The Hall–Kier alpha value is -1.55. The smallest absolute Gasteiger partial charge is 0.376 e. The summed E-state index contributed by atoms with van der Waals surface area (Å²) >= 11 is 0. The minimum Gasteiger partial charge on any atom is -0.496 e. The molecule has 0 aromatic heterocycles. The molecule has 4 nitrogen and oxygen atoms in total. The van der Waals surface area contributed by atoms with E-state index in [0.29, 0.717) is 17.9 Å². The highest BCUT2D eigenvalue weighted by molar-refractivity contribution is 5.92. The van der Waals surface area contributed by atoms with Crippen LogP contribution in [0.3, 0.4) is 0 Å². The number of hydrogen-bond donors (Lipinski definition) is 0. The summed E-state index contributed by atoms with van der Waals surface area (Å²) in [5, 5.41) is 0. The molecule has 0 bridgehead atoms. The predicted octanol–water partition coefficient (Wildman–Crippen LogP) is 4.53. The molecule has 118 valence electrons. The van der Waals surface area contributed by atoms with Crippen LogP contribution < -0.4 is 4.74 Å². The van der Waals surface area contributed by atoms with E-state index in [0.717, 1.165) is 12.8 Å². The van der Waals surface area contributed by atoms with Gasteiger partial charge in [-0.2, -0.15) is 4.89 Å². The molecule has 1 aromatic carbocycles. The number of methoxy groups -OCH3 is 1. The van der Waals surface area contributed by atoms with Crippen molar-refractivity contribution in [3.8, 4) is 5.75 Å². The van der Waals surface area contributed by atoms with Gasteiger partial charge in [-0.15, -0.1) is 0 Å². The van der Waals surface area contributed by atoms with E-state index in [1.54, 1.807) is 24.3 Å². The van der Waals surface area contributed by atoms with E-state index in [1.165, 1.54) is 39.2 Å². The number of carbonyl (C=O) groups excluding carboxylic acids is 1. The number of ether oxygens (including phenoxy) is 1. The Kier molecular flexibility index (Phi) is 9.29. The van der Waals surface area contributed by atoms with E-state index in [4.69, 9.17) is 14.5 Å². The van der Waals surface area contributed by atoms with Crippen molar-refractivity contribution in [2.75, 3.05) is 13.7 Å². The first-order chi connectivity index (χ1) is 10.3. The number of hydrogen-bond acceptors (Lipinski definition) is 4. The zero-order chi connectivity index (χ0) is 15.3. The zero-order valence-corrected chi connectivity index (χ0v) is 13.1. The lowest BCUT2D eigenvalue weighted by atomic mass is 10.1. The van der Waals surface area contributed by atoms with Crippen LogP contribution in [0.1, 0.15) is 62.2 Å². The minimum absolute atomic E-state index is 0.375. The summed E-state index contributed by atoms with van der Waals surface area (Å²) < 4.78 is 5.10. The molecule has 0 fully saturated rings. The Morgan fingerprint density at radius 1 is 1.00 bits per heavy atom. The third kappa shape index (κ3) is 7.14. The van der Waals surface area contributed by atoms with Gasteiger partial charge < -0.3 is 4.74 Å². The molecule has 0 saturated heterocycles. The molecule has 1 aromatic rings. The van der Waals surface area contributed by atoms with Crippen molar-refractivity contribution in [1.29, 1.82) is 0 Å². The molecule has 0 aliphatic carbocycles. The molecule has 21 heavy (non-hydrogen) atoms. The van der Waals surface area contributed by atoms with E-state index in [-0.39, 0.29) is 0 Å². The minimum atomic E-state index is -0.518. The molecule has 0 heterocycles. The van der Waals surface area contributed by atoms with Crippen LogP contribution >= 0.6 is 0 Å². The van der Waals surface area contributed by atoms with Gasteiger partial charge in [0.25, 0.3) is 0 Å². The van der Waals surface area contributed by atoms with Crippen molar-refractivity contribution in [1.82, 2.24) is 0 Å². The summed E-state index contributed by atoms with van der Waals surface area (Å²) in [6, 6.07) is 6.93. The van der Waals surface area contributed by atoms with Gasteiger partial charge in [-0.05, 0) is 18.6 Å². The van der Waals surface area contributed by atoms with Crippen molar-refractivity contribution in [2.45, 2.75) is 51.9 Å². The Labute approximate surface area is 127 Å². The first-order valence-corrected chi connectivity index (χ1v) is 7.76. The molecule has 0 saturated carbocycles. The topological polar surface area (TPSA) is 44.8 Å². The van der Waals surface area contributed by atoms with Crippen LogP contribution in [0, 0.1) is 0 Å². The fraction of sp³-hybridized carbons (Fsp3) is 0.588. The first-order valence-electron chi connectivity index (χ1n) is 7.76. The molecule has 0 atom stereocenters. The highest BCUT2D eigenvalue weighted by Crippen LogP contribution is 2.18. The van der Waals surface area contributed by atoms with Crippen LogP contribution in [-0.2, 0) is 9.78 Å². The van der Waals surface area contributed by atoms with Gasteiger partial charge in [0.1, 0.15) is 11.3 Å². The van der Waals surface area contributed by atoms with Crippen molar-refractivity contribution >= 4 is 5.97 Å². The quantitative estimate of drug-likeness (QED) is 0.341. The van der Waals surface area contributed by atoms with Gasteiger partial charge in [-0.25, -0.2) is 4.79 Å². The molecule has 1 rings (SSSR count). The maximum Gasteiger partial charge on any atom is 0.376 e. The second-order valence-corrected chi connectivity index (χ2v) is 5.01. The zero-order valence-electron chi connectivity index (χ0n) is 13.1. The van der Waals surface area contributed by atoms with Crippen LogP contribution in [0.4, 0.5) is 0 Å². The van der Waals surface area contributed by atoms with E-state index >= 15 is 0 Å². The second-order valence-electron chi connectivity index (χ2n) is 5.01. The largest absolute Gasteiger partial charge is 0.496 e. The molecule has 0 unspecified atom stereocenters. The van der Waals surface area contributed by atoms with Gasteiger partial charge >= 0.3 is 5.97 Å². The van der Waals surface area contributed by atoms with Crippen molar-refractivity contribution in [2.24, 2.45) is 0 Å². The fourth-order valence-corrected chi connectivity index (χ4v) is 2.07. The van der Waals surface area contributed by atoms with Crippen LogP contribution in [0.15, 0.2) is 24.3 Å². The third-order valence-corrected chi connectivity index (χ3v) is 3.29. The Balaban J connectivity index is 2.11. The number of benzene rings is 1. The first kappa shape index (κ1) is 17.5. The number of carbonyl (C=O) groups is 1. The summed E-state index contributed by atoms with van der Waals surface area (Å²) in [7, 11) is 1.52. The lowest BCUT2D eigenvalue weighted by molar-refractivity contribution is -0.241. The van der Waals surface area contributed by atoms with Crippen molar-refractivity contribution < 1.29 is 19.3 Å². The van der Waals surface area contributed by atoms with Crippen molar-refractivity contribution in [3.05, 3.63) is 29.8 Å². The lowest BCUT2D eigenvalue weighted by Gasteiger charge is -2.07. The molecule has 0 aliphatic rings. The molecule has 0 aliphatic heterocycles. The number of para-hydroxylation sites is 1. The standard InChI is InChI=1S/C17H26O4/c1-3-4-5-6-7-8-11-14-20-21-17(18)15-12-9-10-13-16(15)19-2/h9-10,12-13H,3-8,11,14H2,1-2H3. The summed E-state index contributed by atoms with van der Waals surface area (Å²) in [5.74, 6) is -0.0302. The average Bonchev–Trinajstić information content (AvgIpc) is 2.53. The number of rotatable bonds is 11. The highest BCUT2D eigenvalue weighted by Gasteiger charge is 2.13. The van der Waals surface area contributed by atoms with Gasteiger partial charge in [-0.1, -0.05) is 57.6 Å². The fourth-order valence-electron chi connectivity index (χ4n) is 2.07. The second kappa shape index (κ2) is 11.1. The molecule has 0 N–H and O–H groups in total. The molecule has 0 spiro atoms. The summed E-state index contributed by atoms with van der Waals surface area (Å²) in [4.78, 5) is 21.6. The van der Waals surface area contributed by atoms with E-state index in [9.17, 15) is 4.79 Å². The van der Waals surface area contributed by atoms with Gasteiger partial charge in [0.15, 0.2) is 0 Å². The third-order valence-electron chi connectivity index (χ3n) is 3.29. The Morgan fingerprint density at radius 3 is 2.38 bits per heavy atom. The van der Waals surface area contributed by atoms with Gasteiger partial charge in [0.2, 0.25) is 0 Å². The van der Waals surface area contributed by atoms with E-state index < -0.39 is 5.97 Å². The van der Waals surface area contributed by atoms with Gasteiger partial charge in [-0.3, -0.25) is 4.89 Å². The average molecular weight is 294 g/mol. The maximum atomic E-state index is 11.8. The van der Waals surface area contributed by atoms with E-state index in [1.807, 2.05) is 0 Å². The van der Waals surface area contributed by atoms with Crippen LogP contribution in [0.2, 0.25) is 0 Å². The summed E-state index contributed by atoms with van der Waals surface area (Å²) in [5.41, 5.74) is 0.375. The van der Waals surface area contributed by atoms with Gasteiger partial charge in [0, 0.05) is 0 Å². The van der Waals surface area contributed by atoms with Crippen LogP contribution in [0.25, 0.3) is 0 Å². The molecule has 4 heteroatoms.